The molecule has 0 bridgehead atoms. The van der Waals surface area contributed by atoms with Gasteiger partial charge in [-0.2, -0.15) is 0 Å². The molecule has 142 valence electrons. The van der Waals surface area contributed by atoms with Gasteiger partial charge in [-0.1, -0.05) is 56.5 Å². The third kappa shape index (κ3) is 5.59. The summed E-state index contributed by atoms with van der Waals surface area (Å²) < 4.78 is 5.29. The predicted molar refractivity (Wildman–Crippen MR) is 99.7 cm³/mol. The molecule has 0 aliphatic carbocycles. The molecule has 1 aliphatic heterocycles. The number of benzene rings is 1. The number of rotatable bonds is 9. The minimum absolute atomic E-state index is 0.113. The van der Waals surface area contributed by atoms with Crippen LogP contribution in [0.5, 0.6) is 0 Å². The Kier molecular flexibility index (Phi) is 7.66. The Labute approximate surface area is 155 Å². The van der Waals surface area contributed by atoms with Gasteiger partial charge in [0.05, 0.1) is 17.7 Å². The molecule has 1 N–H and O–H groups in total. The minimum Gasteiger partial charge on any atom is -0.440 e. The fraction of sp³-hybridized carbons (Fsp3) is 0.500. The number of ether oxygens (including phenoxy) is 1. The maximum absolute atomic E-state index is 12.3. The predicted octanol–water partition coefficient (Wildman–Crippen LogP) is 3.03. The number of carbonyl (C=O) groups excluding carboxylic acids is 2. The molecule has 0 aromatic heterocycles. The van der Waals surface area contributed by atoms with Crippen LogP contribution in [-0.2, 0) is 4.74 Å². The Hall–Kier alpha value is -2.34. The second-order valence-corrected chi connectivity index (χ2v) is 6.58. The molecule has 2 amide bonds. The lowest BCUT2D eigenvalue weighted by Gasteiger charge is -2.20. The van der Waals surface area contributed by atoms with Gasteiger partial charge in [-0.15, -0.1) is 0 Å². The molecule has 1 fully saturated rings. The van der Waals surface area contributed by atoms with Crippen molar-refractivity contribution in [3.63, 3.8) is 0 Å². The highest BCUT2D eigenvalue weighted by molar-refractivity contribution is 5.89. The zero-order chi connectivity index (χ0) is 18.9. The zero-order valence-corrected chi connectivity index (χ0v) is 15.5. The van der Waals surface area contributed by atoms with Crippen molar-refractivity contribution < 1.29 is 19.4 Å². The number of aliphatic hydroxyl groups excluding tert-OH is 1. The number of likely N-dealkylation sites (N-methyl/N-ethyl adjacent to an activating group) is 1. The van der Waals surface area contributed by atoms with Crippen molar-refractivity contribution in [1.29, 1.82) is 0 Å². The van der Waals surface area contributed by atoms with E-state index in [0.717, 1.165) is 19.3 Å². The highest BCUT2D eigenvalue weighted by Crippen LogP contribution is 2.17. The van der Waals surface area contributed by atoms with Crippen molar-refractivity contribution in [1.82, 2.24) is 9.80 Å². The van der Waals surface area contributed by atoms with Gasteiger partial charge >= 0.3 is 12.0 Å². The van der Waals surface area contributed by atoms with Crippen molar-refractivity contribution in [2.75, 3.05) is 20.3 Å². The standard InChI is InChI=1S/C20H28N2O4/c1-3-4-6-11-18(23)13-12-17-14-21(2)20(25)22(17)15-26-19(24)16-9-7-5-8-10-16/h5,7-10,12-13,17-18,23H,3-4,6,11,14-15H2,1-2H3. The van der Waals surface area contributed by atoms with Gasteiger partial charge in [-0.05, 0) is 18.6 Å². The molecule has 1 aromatic carbocycles. The van der Waals surface area contributed by atoms with Gasteiger partial charge < -0.3 is 14.7 Å². The third-order valence-corrected chi connectivity index (χ3v) is 4.44. The number of aliphatic hydroxyl groups is 1. The summed E-state index contributed by atoms with van der Waals surface area (Å²) in [5, 5.41) is 10.0. The Bertz CT molecular complexity index is 617. The van der Waals surface area contributed by atoms with E-state index in [1.54, 1.807) is 42.3 Å². The number of carbonyl (C=O) groups is 2. The molecule has 1 heterocycles. The van der Waals surface area contributed by atoms with E-state index in [2.05, 4.69) is 6.92 Å². The van der Waals surface area contributed by atoms with Crippen LogP contribution in [0.1, 0.15) is 43.0 Å². The third-order valence-electron chi connectivity index (χ3n) is 4.44. The molecule has 6 nitrogen and oxygen atoms in total. The lowest BCUT2D eigenvalue weighted by Crippen LogP contribution is -2.36. The van der Waals surface area contributed by atoms with E-state index < -0.39 is 12.1 Å². The monoisotopic (exact) mass is 360 g/mol. The van der Waals surface area contributed by atoms with Crippen LogP contribution in [0.4, 0.5) is 4.79 Å². The van der Waals surface area contributed by atoms with Crippen LogP contribution in [0, 0.1) is 0 Å². The van der Waals surface area contributed by atoms with Crippen molar-refractivity contribution >= 4 is 12.0 Å². The maximum Gasteiger partial charge on any atom is 0.339 e. The molecular weight excluding hydrogens is 332 g/mol. The average molecular weight is 360 g/mol. The number of urea groups is 1. The van der Waals surface area contributed by atoms with Gasteiger partial charge in [0, 0.05) is 13.6 Å². The van der Waals surface area contributed by atoms with Gasteiger partial charge in [0.2, 0.25) is 0 Å². The van der Waals surface area contributed by atoms with Crippen LogP contribution in [0.15, 0.2) is 42.5 Å². The fourth-order valence-corrected chi connectivity index (χ4v) is 2.88. The van der Waals surface area contributed by atoms with E-state index in [1.807, 2.05) is 12.1 Å². The van der Waals surface area contributed by atoms with Crippen molar-refractivity contribution in [3.05, 3.63) is 48.0 Å². The summed E-state index contributed by atoms with van der Waals surface area (Å²) in [6, 6.07) is 8.27. The summed E-state index contributed by atoms with van der Waals surface area (Å²) in [5.74, 6) is -0.463. The van der Waals surface area contributed by atoms with Gasteiger partial charge in [0.15, 0.2) is 6.73 Å². The van der Waals surface area contributed by atoms with Gasteiger partial charge in [-0.3, -0.25) is 4.90 Å². The van der Waals surface area contributed by atoms with E-state index in [4.69, 9.17) is 4.74 Å². The molecule has 0 spiro atoms. The second kappa shape index (κ2) is 9.97. The first-order valence-electron chi connectivity index (χ1n) is 9.13. The van der Waals surface area contributed by atoms with E-state index in [0.29, 0.717) is 18.5 Å². The van der Waals surface area contributed by atoms with Crippen LogP contribution in [0.25, 0.3) is 0 Å². The van der Waals surface area contributed by atoms with Crippen LogP contribution in [0.2, 0.25) is 0 Å². The summed E-state index contributed by atoms with van der Waals surface area (Å²) >= 11 is 0. The zero-order valence-electron chi connectivity index (χ0n) is 15.5. The quantitative estimate of drug-likeness (QED) is 0.417. The number of hydrogen-bond donors (Lipinski definition) is 1. The number of nitrogens with zero attached hydrogens (tertiary/aromatic N) is 2. The van der Waals surface area contributed by atoms with Crippen molar-refractivity contribution in [3.8, 4) is 0 Å². The first-order valence-corrected chi connectivity index (χ1v) is 9.13. The Morgan fingerprint density at radius 1 is 1.35 bits per heavy atom. The first kappa shape index (κ1) is 20.0. The summed E-state index contributed by atoms with van der Waals surface area (Å²) in [6.07, 6.45) is 6.94. The van der Waals surface area contributed by atoms with Crippen LogP contribution in [-0.4, -0.2) is 59.4 Å². The number of esters is 1. The van der Waals surface area contributed by atoms with Gasteiger partial charge in [-0.25, -0.2) is 9.59 Å². The fourth-order valence-electron chi connectivity index (χ4n) is 2.88. The molecule has 0 saturated carbocycles. The highest BCUT2D eigenvalue weighted by atomic mass is 16.5. The Balaban J connectivity index is 1.91. The molecule has 1 aromatic rings. The summed E-state index contributed by atoms with van der Waals surface area (Å²) in [6.45, 7) is 2.51. The smallest absolute Gasteiger partial charge is 0.339 e. The molecule has 1 saturated heterocycles. The molecule has 6 heteroatoms. The van der Waals surface area contributed by atoms with Crippen LogP contribution >= 0.6 is 0 Å². The van der Waals surface area contributed by atoms with Crippen molar-refractivity contribution in [2.45, 2.75) is 44.8 Å². The van der Waals surface area contributed by atoms with E-state index in [-0.39, 0.29) is 18.8 Å². The largest absolute Gasteiger partial charge is 0.440 e. The van der Waals surface area contributed by atoms with E-state index in [9.17, 15) is 14.7 Å². The molecule has 2 atom stereocenters. The minimum atomic E-state index is -0.517. The molecule has 1 aliphatic rings. The van der Waals surface area contributed by atoms with Gasteiger partial charge in [0.25, 0.3) is 0 Å². The van der Waals surface area contributed by atoms with Gasteiger partial charge in [0.1, 0.15) is 0 Å². The first-order chi connectivity index (χ1) is 12.5. The van der Waals surface area contributed by atoms with Crippen molar-refractivity contribution in [2.24, 2.45) is 0 Å². The molecule has 26 heavy (non-hydrogen) atoms. The number of amides is 2. The molecular formula is C20H28N2O4. The Morgan fingerprint density at radius 2 is 2.08 bits per heavy atom. The molecule has 2 rings (SSSR count). The molecule has 0 radical (unpaired) electrons. The topological polar surface area (TPSA) is 70.1 Å². The van der Waals surface area contributed by atoms with E-state index in [1.165, 1.54) is 4.90 Å². The summed E-state index contributed by atoms with van der Waals surface area (Å²) in [5.41, 5.74) is 0.450. The Morgan fingerprint density at radius 3 is 2.77 bits per heavy atom. The summed E-state index contributed by atoms with van der Waals surface area (Å²) in [7, 11) is 1.71. The number of hydrogen-bond acceptors (Lipinski definition) is 4. The second-order valence-electron chi connectivity index (χ2n) is 6.58. The molecule has 2 unspecified atom stereocenters. The summed E-state index contributed by atoms with van der Waals surface area (Å²) in [4.78, 5) is 27.4. The maximum atomic E-state index is 12.3. The lowest BCUT2D eigenvalue weighted by molar-refractivity contribution is 0.0296. The normalized spacial score (nSPS) is 18.6. The SMILES string of the molecule is CCCCCC(O)C=CC1CN(C)C(=O)N1COC(=O)c1ccccc1. The number of unbranched alkanes of at least 4 members (excludes halogenated alkanes) is 2. The lowest BCUT2D eigenvalue weighted by atomic mass is 10.1. The van der Waals surface area contributed by atoms with Crippen LogP contribution < -0.4 is 0 Å². The average Bonchev–Trinajstić information content (AvgIpc) is 2.92. The van der Waals surface area contributed by atoms with E-state index >= 15 is 0 Å². The van der Waals surface area contributed by atoms with Crippen LogP contribution in [0.3, 0.4) is 0 Å². The highest BCUT2D eigenvalue weighted by Gasteiger charge is 2.34.